The summed E-state index contributed by atoms with van der Waals surface area (Å²) in [5, 5.41) is 10.2. The van der Waals surface area contributed by atoms with Crippen molar-refractivity contribution in [3.05, 3.63) is 59.2 Å². The van der Waals surface area contributed by atoms with Gasteiger partial charge in [0.1, 0.15) is 12.3 Å². The van der Waals surface area contributed by atoms with E-state index < -0.39 is 22.3 Å². The van der Waals surface area contributed by atoms with Crippen molar-refractivity contribution < 1.29 is 22.7 Å². The molecule has 0 aromatic heterocycles. The molecule has 0 saturated heterocycles. The van der Waals surface area contributed by atoms with Crippen LogP contribution in [0.15, 0.2) is 42.5 Å². The van der Waals surface area contributed by atoms with Crippen LogP contribution in [0.2, 0.25) is 0 Å². The molecule has 3 unspecified atom stereocenters. The Kier molecular flexibility index (Phi) is 4.14. The fourth-order valence-corrected chi connectivity index (χ4v) is 6.59. The molecule has 0 radical (unpaired) electrons. The van der Waals surface area contributed by atoms with E-state index in [9.17, 15) is 17.9 Å². The third-order valence-electron chi connectivity index (χ3n) is 6.29. The summed E-state index contributed by atoms with van der Waals surface area (Å²) < 4.78 is 48.9. The molecule has 0 spiro atoms. The monoisotopic (exact) mass is 403 g/mol. The lowest BCUT2D eigenvalue weighted by atomic mass is 9.65. The van der Waals surface area contributed by atoms with Gasteiger partial charge in [0.25, 0.3) is 0 Å². The van der Waals surface area contributed by atoms with Gasteiger partial charge in [-0.15, -0.1) is 0 Å². The van der Waals surface area contributed by atoms with Gasteiger partial charge in [0.05, 0.1) is 5.75 Å². The number of phenols is 1. The second-order valence-electron chi connectivity index (χ2n) is 8.03. The molecule has 0 bridgehead atoms. The van der Waals surface area contributed by atoms with E-state index in [1.54, 1.807) is 24.3 Å². The maximum absolute atomic E-state index is 14.6. The van der Waals surface area contributed by atoms with Gasteiger partial charge in [0.15, 0.2) is 11.5 Å². The van der Waals surface area contributed by atoms with Crippen LogP contribution in [0, 0.1) is 5.92 Å². The fourth-order valence-electron chi connectivity index (χ4n) is 5.16. The van der Waals surface area contributed by atoms with Crippen LogP contribution >= 0.6 is 0 Å². The number of rotatable bonds is 4. The summed E-state index contributed by atoms with van der Waals surface area (Å²) in [5.41, 5.74) is 2.53. The first-order valence-electron chi connectivity index (χ1n) is 9.62. The summed E-state index contributed by atoms with van der Waals surface area (Å²) in [6, 6.07) is 12.1. The highest BCUT2D eigenvalue weighted by Gasteiger charge is 2.54. The summed E-state index contributed by atoms with van der Waals surface area (Å²) in [5.74, 6) is 0.0631. The zero-order chi connectivity index (χ0) is 19.5. The number of aromatic hydroxyl groups is 1. The van der Waals surface area contributed by atoms with E-state index in [2.05, 4.69) is 4.72 Å². The largest absolute Gasteiger partial charge is 0.504 e. The fraction of sp³-hybridized carbons (Fsp3) is 0.429. The molecular formula is C21H22FNO4S. The minimum absolute atomic E-state index is 0.0298. The van der Waals surface area contributed by atoms with Gasteiger partial charge in [-0.2, -0.15) is 0 Å². The zero-order valence-electron chi connectivity index (χ0n) is 15.2. The Labute approximate surface area is 163 Å². The predicted octanol–water partition coefficient (Wildman–Crippen LogP) is 3.03. The topological polar surface area (TPSA) is 75.6 Å². The first-order valence-corrected chi connectivity index (χ1v) is 11.3. The highest BCUT2D eigenvalue weighted by atomic mass is 32.2. The van der Waals surface area contributed by atoms with Gasteiger partial charge < -0.3 is 9.84 Å². The quantitative estimate of drug-likeness (QED) is 0.823. The van der Waals surface area contributed by atoms with Crippen LogP contribution < -0.4 is 9.46 Å². The molecule has 0 amide bonds. The number of halogens is 1. The van der Waals surface area contributed by atoms with Crippen molar-refractivity contribution in [2.24, 2.45) is 5.92 Å². The van der Waals surface area contributed by atoms with Crippen LogP contribution in [-0.4, -0.2) is 31.8 Å². The number of benzene rings is 2. The van der Waals surface area contributed by atoms with E-state index in [4.69, 9.17) is 4.74 Å². The maximum Gasteiger partial charge on any atom is 0.216 e. The van der Waals surface area contributed by atoms with Crippen molar-refractivity contribution in [2.45, 2.75) is 49.3 Å². The molecule has 1 heterocycles. The normalized spacial score (nSPS) is 30.5. The zero-order valence-corrected chi connectivity index (χ0v) is 16.0. The van der Waals surface area contributed by atoms with Gasteiger partial charge in [-0.3, -0.25) is 0 Å². The number of phenolic OH excluding ortho intramolecular Hbond substituents is 1. The number of ether oxygens (including phenoxy) is 1. The molecule has 5 rings (SSSR count). The van der Waals surface area contributed by atoms with Crippen molar-refractivity contribution in [2.75, 3.05) is 0 Å². The molecule has 5 atom stereocenters. The molecule has 7 heteroatoms. The number of alkyl halides is 1. The van der Waals surface area contributed by atoms with Crippen molar-refractivity contribution in [1.29, 1.82) is 0 Å². The molecule has 2 aromatic carbocycles. The van der Waals surface area contributed by atoms with Gasteiger partial charge in [-0.25, -0.2) is 17.5 Å². The molecule has 3 aliphatic rings. The lowest BCUT2D eigenvalue weighted by Gasteiger charge is -2.43. The first-order chi connectivity index (χ1) is 13.4. The molecular weight excluding hydrogens is 381 g/mol. The number of nitrogens with one attached hydrogen (secondary N) is 1. The molecule has 2 aromatic rings. The van der Waals surface area contributed by atoms with Crippen LogP contribution in [0.3, 0.4) is 0 Å². The maximum atomic E-state index is 14.6. The lowest BCUT2D eigenvalue weighted by Crippen LogP contribution is -2.52. The van der Waals surface area contributed by atoms with Crippen molar-refractivity contribution in [3.63, 3.8) is 0 Å². The smallest absolute Gasteiger partial charge is 0.216 e. The van der Waals surface area contributed by atoms with Crippen LogP contribution in [0.25, 0.3) is 0 Å². The molecule has 5 nitrogen and oxygen atoms in total. The summed E-state index contributed by atoms with van der Waals surface area (Å²) in [7, 11) is -3.54. The second kappa shape index (κ2) is 6.46. The number of hydrogen-bond acceptors (Lipinski definition) is 4. The predicted molar refractivity (Wildman–Crippen MR) is 103 cm³/mol. The highest BCUT2D eigenvalue weighted by Crippen LogP contribution is 2.57. The van der Waals surface area contributed by atoms with Crippen LogP contribution in [0.5, 0.6) is 11.5 Å². The summed E-state index contributed by atoms with van der Waals surface area (Å²) in [6.45, 7) is 0. The van der Waals surface area contributed by atoms with Crippen molar-refractivity contribution in [3.8, 4) is 11.5 Å². The first kappa shape index (κ1) is 17.9. The Balaban J connectivity index is 1.47. The minimum Gasteiger partial charge on any atom is -0.504 e. The Morgan fingerprint density at radius 3 is 2.71 bits per heavy atom. The molecule has 1 fully saturated rings. The third kappa shape index (κ3) is 2.88. The van der Waals surface area contributed by atoms with Gasteiger partial charge in [0, 0.05) is 17.5 Å². The van der Waals surface area contributed by atoms with E-state index in [1.165, 1.54) is 0 Å². The SMILES string of the molecule is O=S(=O)(Cc1ccccc1)N[C@H]1Cc2ccc(O)c3c2C2C1CCC(F)[C@H]2O3. The Morgan fingerprint density at radius 2 is 1.93 bits per heavy atom. The molecule has 2 N–H and O–H groups in total. The molecule has 1 saturated carbocycles. The minimum atomic E-state index is -3.54. The van der Waals surface area contributed by atoms with E-state index >= 15 is 0 Å². The molecule has 1 aliphatic heterocycles. The second-order valence-corrected chi connectivity index (χ2v) is 9.78. The van der Waals surface area contributed by atoms with Gasteiger partial charge in [-0.05, 0) is 42.4 Å². The number of hydrogen-bond donors (Lipinski definition) is 2. The third-order valence-corrected chi connectivity index (χ3v) is 7.66. The van der Waals surface area contributed by atoms with Crippen LogP contribution in [0.4, 0.5) is 4.39 Å². The van der Waals surface area contributed by atoms with Gasteiger partial charge >= 0.3 is 0 Å². The summed E-state index contributed by atoms with van der Waals surface area (Å²) in [4.78, 5) is 0. The average Bonchev–Trinajstić information content (AvgIpc) is 3.07. The van der Waals surface area contributed by atoms with Crippen LogP contribution in [0.1, 0.15) is 35.4 Å². The van der Waals surface area contributed by atoms with E-state index in [0.717, 1.165) is 16.7 Å². The Morgan fingerprint density at radius 1 is 1.14 bits per heavy atom. The Hall–Kier alpha value is -2.12. The molecule has 148 valence electrons. The standard InChI is InChI=1S/C21H22FNO4S/c22-15-8-7-14-16(23-28(25,26)11-12-4-2-1-3-5-12)10-13-6-9-17(24)21-18(13)19(14)20(15)27-21/h1-6,9,14-16,19-20,23-24H,7-8,10-11H2/t14?,15?,16-,19?,20+/m0/s1. The van der Waals surface area contributed by atoms with E-state index in [1.807, 2.05) is 18.2 Å². The van der Waals surface area contributed by atoms with Crippen LogP contribution in [-0.2, 0) is 22.2 Å². The van der Waals surface area contributed by atoms with Gasteiger partial charge in [0.2, 0.25) is 10.0 Å². The molecule has 28 heavy (non-hydrogen) atoms. The average molecular weight is 403 g/mol. The van der Waals surface area contributed by atoms with Crippen molar-refractivity contribution >= 4 is 10.0 Å². The van der Waals surface area contributed by atoms with E-state index in [0.29, 0.717) is 25.0 Å². The van der Waals surface area contributed by atoms with Crippen molar-refractivity contribution in [1.82, 2.24) is 4.72 Å². The summed E-state index contributed by atoms with van der Waals surface area (Å²) in [6.07, 6.45) is -0.307. The lowest BCUT2D eigenvalue weighted by molar-refractivity contribution is 0.0305. The van der Waals surface area contributed by atoms with Gasteiger partial charge in [-0.1, -0.05) is 36.4 Å². The molecule has 2 aliphatic carbocycles. The number of sulfonamides is 1. The Bertz CT molecular complexity index is 1010. The highest BCUT2D eigenvalue weighted by molar-refractivity contribution is 7.88. The van der Waals surface area contributed by atoms with E-state index in [-0.39, 0.29) is 29.4 Å². The summed E-state index contributed by atoms with van der Waals surface area (Å²) >= 11 is 0.